The molecule has 0 fully saturated rings. The number of carbonyl (C=O) groups excluding carboxylic acids is 2. The summed E-state index contributed by atoms with van der Waals surface area (Å²) in [7, 11) is 0. The van der Waals surface area contributed by atoms with Gasteiger partial charge in [0.05, 0.1) is 29.1 Å². The lowest BCUT2D eigenvalue weighted by Gasteiger charge is -2.19. The number of nitrogens with zero attached hydrogens (tertiary/aromatic N) is 4. The zero-order valence-corrected chi connectivity index (χ0v) is 15.8. The van der Waals surface area contributed by atoms with Crippen LogP contribution in [0.2, 0.25) is 0 Å². The fourth-order valence-electron chi connectivity index (χ4n) is 2.84. The van der Waals surface area contributed by atoms with Crippen LogP contribution in [-0.2, 0) is 9.53 Å². The number of hydrogen-bond acceptors (Lipinski definition) is 7. The van der Waals surface area contributed by atoms with Gasteiger partial charge in [-0.1, -0.05) is 18.2 Å². The van der Waals surface area contributed by atoms with E-state index in [0.717, 1.165) is 0 Å². The highest BCUT2D eigenvalue weighted by Gasteiger charge is 2.27. The number of amides is 1. The van der Waals surface area contributed by atoms with Crippen molar-refractivity contribution >= 4 is 23.3 Å². The Labute approximate surface area is 165 Å². The summed E-state index contributed by atoms with van der Waals surface area (Å²) in [6.07, 6.45) is 4.10. The standard InChI is InChI=1S/C19H19N5O5/c1-12(2)29-17(25)10-14(13-6-3-4-7-16(13)24(27)28)21-18(26)15-11-23-9-5-8-20-19(23)22-15/h3-9,11-12,14H,10H2,1-2H3,(H,21,26)/t14-/m1/s1. The monoisotopic (exact) mass is 397 g/mol. The number of nitrogens with one attached hydrogen (secondary N) is 1. The molecule has 1 amide bonds. The van der Waals surface area contributed by atoms with Gasteiger partial charge in [0.15, 0.2) is 0 Å². The first-order chi connectivity index (χ1) is 13.8. The van der Waals surface area contributed by atoms with Crippen LogP contribution in [0.15, 0.2) is 48.9 Å². The maximum atomic E-state index is 12.7. The molecular formula is C19H19N5O5. The van der Waals surface area contributed by atoms with Gasteiger partial charge < -0.3 is 10.1 Å². The third-order valence-electron chi connectivity index (χ3n) is 4.02. The van der Waals surface area contributed by atoms with Crippen molar-refractivity contribution in [2.24, 2.45) is 0 Å². The minimum Gasteiger partial charge on any atom is -0.463 e. The Morgan fingerprint density at radius 2 is 2.03 bits per heavy atom. The molecule has 29 heavy (non-hydrogen) atoms. The minimum absolute atomic E-state index is 0.0736. The van der Waals surface area contributed by atoms with Gasteiger partial charge in [0.2, 0.25) is 5.78 Å². The Bertz CT molecular complexity index is 1030. The average Bonchev–Trinajstić information content (AvgIpc) is 3.11. The summed E-state index contributed by atoms with van der Waals surface area (Å²) in [5.74, 6) is -0.838. The first-order valence-corrected chi connectivity index (χ1v) is 8.88. The van der Waals surface area contributed by atoms with Crippen molar-refractivity contribution in [1.82, 2.24) is 19.7 Å². The van der Waals surface area contributed by atoms with E-state index in [0.29, 0.717) is 5.78 Å². The molecule has 2 aromatic heterocycles. The van der Waals surface area contributed by atoms with E-state index in [1.165, 1.54) is 24.4 Å². The largest absolute Gasteiger partial charge is 0.463 e. The van der Waals surface area contributed by atoms with Crippen molar-refractivity contribution in [3.63, 3.8) is 0 Å². The predicted molar refractivity (Wildman–Crippen MR) is 102 cm³/mol. The summed E-state index contributed by atoms with van der Waals surface area (Å²) in [5, 5.41) is 14.1. The molecule has 0 aliphatic rings. The summed E-state index contributed by atoms with van der Waals surface area (Å²) < 4.78 is 6.72. The van der Waals surface area contributed by atoms with E-state index >= 15 is 0 Å². The average molecular weight is 397 g/mol. The smallest absolute Gasteiger partial charge is 0.308 e. The maximum absolute atomic E-state index is 12.7. The lowest BCUT2D eigenvalue weighted by Crippen LogP contribution is -2.31. The number of aromatic nitrogens is 3. The van der Waals surface area contributed by atoms with Crippen molar-refractivity contribution in [3.05, 3.63) is 70.3 Å². The highest BCUT2D eigenvalue weighted by molar-refractivity contribution is 5.93. The molecule has 0 saturated carbocycles. The van der Waals surface area contributed by atoms with Gasteiger partial charge in [-0.2, -0.15) is 0 Å². The number of hydrogen-bond donors (Lipinski definition) is 1. The molecule has 1 N–H and O–H groups in total. The molecule has 0 saturated heterocycles. The van der Waals surface area contributed by atoms with E-state index in [4.69, 9.17) is 4.74 Å². The van der Waals surface area contributed by atoms with Crippen LogP contribution in [0.3, 0.4) is 0 Å². The molecule has 3 aromatic rings. The molecule has 0 bridgehead atoms. The third-order valence-corrected chi connectivity index (χ3v) is 4.02. The first-order valence-electron chi connectivity index (χ1n) is 8.88. The van der Waals surface area contributed by atoms with Crippen molar-refractivity contribution in [3.8, 4) is 0 Å². The lowest BCUT2D eigenvalue weighted by molar-refractivity contribution is -0.385. The van der Waals surface area contributed by atoms with Gasteiger partial charge in [-0.05, 0) is 19.9 Å². The van der Waals surface area contributed by atoms with Crippen LogP contribution in [0.4, 0.5) is 5.69 Å². The highest BCUT2D eigenvalue weighted by Crippen LogP contribution is 2.28. The van der Waals surface area contributed by atoms with E-state index in [1.807, 2.05) is 0 Å². The van der Waals surface area contributed by atoms with E-state index in [9.17, 15) is 19.7 Å². The van der Waals surface area contributed by atoms with Crippen molar-refractivity contribution in [2.45, 2.75) is 32.4 Å². The van der Waals surface area contributed by atoms with Crippen LogP contribution < -0.4 is 5.32 Å². The Morgan fingerprint density at radius 1 is 1.28 bits per heavy atom. The lowest BCUT2D eigenvalue weighted by atomic mass is 10.0. The quantitative estimate of drug-likeness (QED) is 0.368. The van der Waals surface area contributed by atoms with Crippen molar-refractivity contribution in [2.75, 3.05) is 0 Å². The number of nitro groups is 1. The van der Waals surface area contributed by atoms with Crippen LogP contribution in [-0.4, -0.2) is 37.3 Å². The van der Waals surface area contributed by atoms with Gasteiger partial charge in [0.25, 0.3) is 11.6 Å². The normalized spacial score (nSPS) is 12.0. The fraction of sp³-hybridized carbons (Fsp3) is 0.263. The molecule has 0 aliphatic carbocycles. The predicted octanol–water partition coefficient (Wildman–Crippen LogP) is 2.45. The number of benzene rings is 1. The molecule has 150 valence electrons. The van der Waals surface area contributed by atoms with Crippen LogP contribution in [0.25, 0.3) is 5.78 Å². The highest BCUT2D eigenvalue weighted by atomic mass is 16.6. The second-order valence-corrected chi connectivity index (χ2v) is 6.54. The Kier molecular flexibility index (Phi) is 5.82. The summed E-state index contributed by atoms with van der Waals surface area (Å²) in [6, 6.07) is 6.65. The molecule has 2 heterocycles. The summed E-state index contributed by atoms with van der Waals surface area (Å²) in [4.78, 5) is 44.0. The topological polar surface area (TPSA) is 129 Å². The molecule has 0 aliphatic heterocycles. The van der Waals surface area contributed by atoms with Gasteiger partial charge >= 0.3 is 5.97 Å². The molecule has 10 heteroatoms. The molecule has 1 aromatic carbocycles. The Hall–Kier alpha value is -3.82. The number of para-hydroxylation sites is 1. The Morgan fingerprint density at radius 3 is 2.72 bits per heavy atom. The van der Waals surface area contributed by atoms with Crippen molar-refractivity contribution < 1.29 is 19.2 Å². The number of nitro benzene ring substituents is 1. The SMILES string of the molecule is CC(C)OC(=O)C[C@@H](NC(=O)c1cn2cccnc2n1)c1ccccc1[N+](=O)[O-]. The number of rotatable bonds is 7. The molecule has 3 rings (SSSR count). The third kappa shape index (κ3) is 4.72. The number of esters is 1. The molecule has 0 spiro atoms. The van der Waals surface area contributed by atoms with E-state index < -0.39 is 22.8 Å². The van der Waals surface area contributed by atoms with Gasteiger partial charge in [-0.25, -0.2) is 9.97 Å². The van der Waals surface area contributed by atoms with Gasteiger partial charge in [0.1, 0.15) is 5.69 Å². The summed E-state index contributed by atoms with van der Waals surface area (Å²) in [6.45, 7) is 3.39. The van der Waals surface area contributed by atoms with Crippen LogP contribution in [0.1, 0.15) is 42.4 Å². The Balaban J connectivity index is 1.91. The van der Waals surface area contributed by atoms with Crippen LogP contribution in [0, 0.1) is 10.1 Å². The van der Waals surface area contributed by atoms with Gasteiger partial charge in [-0.3, -0.25) is 24.1 Å². The fourth-order valence-corrected chi connectivity index (χ4v) is 2.84. The van der Waals surface area contributed by atoms with Crippen LogP contribution in [0.5, 0.6) is 0 Å². The second kappa shape index (κ2) is 8.46. The van der Waals surface area contributed by atoms with E-state index in [2.05, 4.69) is 15.3 Å². The second-order valence-electron chi connectivity index (χ2n) is 6.54. The number of ether oxygens (including phenoxy) is 1. The number of carbonyl (C=O) groups is 2. The van der Waals surface area contributed by atoms with Gasteiger partial charge in [-0.15, -0.1) is 0 Å². The zero-order valence-electron chi connectivity index (χ0n) is 15.8. The molecule has 10 nitrogen and oxygen atoms in total. The van der Waals surface area contributed by atoms with Crippen molar-refractivity contribution in [1.29, 1.82) is 0 Å². The van der Waals surface area contributed by atoms with E-state index in [1.54, 1.807) is 42.8 Å². The molecule has 1 atom stereocenters. The van der Waals surface area contributed by atoms with E-state index in [-0.39, 0.29) is 29.5 Å². The minimum atomic E-state index is -0.965. The number of imidazole rings is 1. The number of fused-ring (bicyclic) bond motifs is 1. The molecule has 0 radical (unpaired) electrons. The molecular weight excluding hydrogens is 378 g/mol. The summed E-state index contributed by atoms with van der Waals surface area (Å²) in [5.41, 5.74) is 0.0739. The summed E-state index contributed by atoms with van der Waals surface area (Å²) >= 11 is 0. The molecule has 0 unspecified atom stereocenters. The first kappa shape index (κ1) is 19.9. The van der Waals surface area contributed by atoms with Crippen LogP contribution >= 0.6 is 0 Å². The zero-order chi connectivity index (χ0) is 21.0. The maximum Gasteiger partial charge on any atom is 0.308 e. The van der Waals surface area contributed by atoms with Gasteiger partial charge in [0, 0.05) is 24.7 Å².